The molecule has 0 amide bonds. The number of benzene rings is 1. The summed E-state index contributed by atoms with van der Waals surface area (Å²) in [4.78, 5) is 2.42. The highest BCUT2D eigenvalue weighted by molar-refractivity contribution is 9.10. The smallest absolute Gasteiger partial charge is 0.0785 e. The number of nitrogens with zero attached hydrogens (tertiary/aromatic N) is 4. The van der Waals surface area contributed by atoms with Crippen molar-refractivity contribution in [2.24, 2.45) is 5.73 Å². The lowest BCUT2D eigenvalue weighted by Crippen LogP contribution is -2.39. The fraction of sp³-hybridized carbons (Fsp3) is 0.467. The first-order valence-electron chi connectivity index (χ1n) is 7.27. The maximum absolute atomic E-state index is 5.96. The minimum Gasteiger partial charge on any atom is -0.328 e. The van der Waals surface area contributed by atoms with Crippen LogP contribution in [0.2, 0.25) is 0 Å². The number of aryl methyl sites for hydroxylation is 1. The van der Waals surface area contributed by atoms with Crippen molar-refractivity contribution in [1.82, 2.24) is 19.9 Å². The van der Waals surface area contributed by atoms with Gasteiger partial charge in [-0.05, 0) is 43.5 Å². The minimum absolute atomic E-state index is 0.360. The highest BCUT2D eigenvalue weighted by atomic mass is 79.9. The maximum atomic E-state index is 5.96. The molecule has 112 valence electrons. The van der Waals surface area contributed by atoms with Crippen molar-refractivity contribution in [1.29, 1.82) is 0 Å². The number of hydrogen-bond donors (Lipinski definition) is 1. The second-order valence-electron chi connectivity index (χ2n) is 5.68. The van der Waals surface area contributed by atoms with Crippen molar-refractivity contribution in [3.05, 3.63) is 40.1 Å². The van der Waals surface area contributed by atoms with Crippen molar-refractivity contribution in [2.45, 2.75) is 32.4 Å². The van der Waals surface area contributed by atoms with Gasteiger partial charge in [0.15, 0.2) is 0 Å². The first-order valence-corrected chi connectivity index (χ1v) is 8.07. The van der Waals surface area contributed by atoms with E-state index in [-0.39, 0.29) is 0 Å². The molecule has 1 saturated heterocycles. The molecule has 2 heterocycles. The van der Waals surface area contributed by atoms with Crippen molar-refractivity contribution >= 4 is 15.9 Å². The predicted octanol–water partition coefficient (Wildman–Crippen LogP) is 2.26. The van der Waals surface area contributed by atoms with Crippen LogP contribution in [0, 0.1) is 6.92 Å². The Bertz CT molecular complexity index is 616. The SMILES string of the molecule is Cc1cc(-n2nncc2CN2CCC(N)CC2)ccc1Br. The van der Waals surface area contributed by atoms with Crippen LogP contribution in [0.3, 0.4) is 0 Å². The van der Waals surface area contributed by atoms with Crippen LogP contribution >= 0.6 is 15.9 Å². The van der Waals surface area contributed by atoms with Crippen LogP contribution < -0.4 is 5.73 Å². The van der Waals surface area contributed by atoms with Gasteiger partial charge in [-0.15, -0.1) is 5.10 Å². The summed E-state index contributed by atoms with van der Waals surface area (Å²) in [6.45, 7) is 5.04. The first kappa shape index (κ1) is 14.7. The van der Waals surface area contributed by atoms with E-state index in [1.54, 1.807) is 0 Å². The molecule has 1 aliphatic heterocycles. The lowest BCUT2D eigenvalue weighted by Gasteiger charge is -2.29. The second-order valence-corrected chi connectivity index (χ2v) is 6.54. The number of nitrogens with two attached hydrogens (primary N) is 1. The molecule has 5 nitrogen and oxygen atoms in total. The van der Waals surface area contributed by atoms with E-state index in [0.717, 1.165) is 48.3 Å². The number of hydrogen-bond acceptors (Lipinski definition) is 4. The van der Waals surface area contributed by atoms with Crippen molar-refractivity contribution in [3.63, 3.8) is 0 Å². The monoisotopic (exact) mass is 349 g/mol. The predicted molar refractivity (Wildman–Crippen MR) is 86.3 cm³/mol. The Balaban J connectivity index is 1.79. The zero-order valence-corrected chi connectivity index (χ0v) is 13.8. The number of piperidine rings is 1. The summed E-state index contributed by atoms with van der Waals surface area (Å²) in [5, 5.41) is 8.32. The lowest BCUT2D eigenvalue weighted by molar-refractivity contribution is 0.202. The van der Waals surface area contributed by atoms with Crippen molar-refractivity contribution < 1.29 is 0 Å². The Labute approximate surface area is 133 Å². The van der Waals surface area contributed by atoms with Gasteiger partial charge in [-0.2, -0.15) is 0 Å². The third-order valence-electron chi connectivity index (χ3n) is 4.02. The summed E-state index contributed by atoms with van der Waals surface area (Å²) >= 11 is 3.53. The number of likely N-dealkylation sites (tertiary alicyclic amines) is 1. The molecule has 1 aromatic carbocycles. The van der Waals surface area contributed by atoms with Crippen LogP contribution in [0.1, 0.15) is 24.1 Å². The average Bonchev–Trinajstić information content (AvgIpc) is 2.92. The van der Waals surface area contributed by atoms with E-state index in [9.17, 15) is 0 Å². The molecular weight excluding hydrogens is 330 g/mol. The van der Waals surface area contributed by atoms with Gasteiger partial charge >= 0.3 is 0 Å². The van der Waals surface area contributed by atoms with Gasteiger partial charge < -0.3 is 5.73 Å². The largest absolute Gasteiger partial charge is 0.328 e. The molecule has 1 fully saturated rings. The highest BCUT2D eigenvalue weighted by Gasteiger charge is 2.18. The van der Waals surface area contributed by atoms with Crippen LogP contribution in [0.4, 0.5) is 0 Å². The van der Waals surface area contributed by atoms with Gasteiger partial charge in [0, 0.05) is 30.1 Å². The van der Waals surface area contributed by atoms with E-state index < -0.39 is 0 Å². The van der Waals surface area contributed by atoms with Gasteiger partial charge in [0.2, 0.25) is 0 Å². The summed E-state index contributed by atoms with van der Waals surface area (Å²) in [7, 11) is 0. The zero-order chi connectivity index (χ0) is 14.8. The second kappa shape index (κ2) is 6.25. The Hall–Kier alpha value is -1.24. The summed E-state index contributed by atoms with van der Waals surface area (Å²) < 4.78 is 3.03. The maximum Gasteiger partial charge on any atom is 0.0785 e. The first-order chi connectivity index (χ1) is 10.1. The summed E-state index contributed by atoms with van der Waals surface area (Å²) in [5.74, 6) is 0. The van der Waals surface area contributed by atoms with Gasteiger partial charge in [0.05, 0.1) is 17.6 Å². The molecule has 0 unspecified atom stereocenters. The van der Waals surface area contributed by atoms with Gasteiger partial charge in [-0.3, -0.25) is 4.90 Å². The normalized spacial score (nSPS) is 17.3. The Morgan fingerprint density at radius 3 is 2.81 bits per heavy atom. The van der Waals surface area contributed by atoms with E-state index in [1.165, 1.54) is 5.56 Å². The highest BCUT2D eigenvalue weighted by Crippen LogP contribution is 2.20. The van der Waals surface area contributed by atoms with Crippen molar-refractivity contribution in [3.8, 4) is 5.69 Å². The van der Waals surface area contributed by atoms with Crippen molar-refractivity contribution in [2.75, 3.05) is 13.1 Å². The van der Waals surface area contributed by atoms with Gasteiger partial charge in [-0.1, -0.05) is 21.1 Å². The molecule has 3 rings (SSSR count). The summed E-state index contributed by atoms with van der Waals surface area (Å²) in [6.07, 6.45) is 3.99. The van der Waals surface area contributed by atoms with Crippen LogP contribution in [0.5, 0.6) is 0 Å². The van der Waals surface area contributed by atoms with Crippen LogP contribution in [-0.2, 0) is 6.54 Å². The molecule has 1 aromatic heterocycles. The number of halogens is 1. The molecule has 2 N–H and O–H groups in total. The standard InChI is InChI=1S/C15H20BrN5/c1-11-8-13(2-3-15(11)16)21-14(9-18-19-21)10-20-6-4-12(17)5-7-20/h2-3,8-9,12H,4-7,10,17H2,1H3. The van der Waals surface area contributed by atoms with E-state index in [1.807, 2.05) is 10.9 Å². The quantitative estimate of drug-likeness (QED) is 0.923. The molecule has 2 aromatic rings. The Morgan fingerprint density at radius 1 is 1.33 bits per heavy atom. The van der Waals surface area contributed by atoms with E-state index >= 15 is 0 Å². The number of rotatable bonds is 3. The van der Waals surface area contributed by atoms with Crippen LogP contribution in [-0.4, -0.2) is 39.0 Å². The molecule has 0 aliphatic carbocycles. The topological polar surface area (TPSA) is 60.0 Å². The average molecular weight is 350 g/mol. The van der Waals surface area contributed by atoms with Gasteiger partial charge in [-0.25, -0.2) is 4.68 Å². The van der Waals surface area contributed by atoms with E-state index in [4.69, 9.17) is 5.73 Å². The molecule has 1 aliphatic rings. The fourth-order valence-corrected chi connectivity index (χ4v) is 2.93. The Kier molecular flexibility index (Phi) is 4.37. The minimum atomic E-state index is 0.360. The summed E-state index contributed by atoms with van der Waals surface area (Å²) in [6, 6.07) is 6.59. The third-order valence-corrected chi connectivity index (χ3v) is 4.91. The Morgan fingerprint density at radius 2 is 2.10 bits per heavy atom. The van der Waals surface area contributed by atoms with Gasteiger partial charge in [0.25, 0.3) is 0 Å². The molecule has 0 atom stereocenters. The third kappa shape index (κ3) is 3.33. The van der Waals surface area contributed by atoms with Crippen LogP contribution in [0.15, 0.2) is 28.9 Å². The van der Waals surface area contributed by atoms with E-state index in [0.29, 0.717) is 6.04 Å². The molecule has 6 heteroatoms. The molecule has 0 saturated carbocycles. The van der Waals surface area contributed by atoms with E-state index in [2.05, 4.69) is 56.3 Å². The number of aromatic nitrogens is 3. The van der Waals surface area contributed by atoms with Crippen LogP contribution in [0.25, 0.3) is 5.69 Å². The lowest BCUT2D eigenvalue weighted by atomic mass is 10.1. The molecule has 21 heavy (non-hydrogen) atoms. The molecular formula is C15H20BrN5. The summed E-state index contributed by atoms with van der Waals surface area (Å²) in [5.41, 5.74) is 9.32. The van der Waals surface area contributed by atoms with Gasteiger partial charge in [0.1, 0.15) is 0 Å². The zero-order valence-electron chi connectivity index (χ0n) is 12.2. The molecule has 0 bridgehead atoms. The molecule has 0 radical (unpaired) electrons. The molecule has 0 spiro atoms. The fourth-order valence-electron chi connectivity index (χ4n) is 2.68.